The van der Waals surface area contributed by atoms with Crippen molar-refractivity contribution in [2.75, 3.05) is 6.61 Å². The monoisotopic (exact) mass is 282 g/mol. The van der Waals surface area contributed by atoms with Crippen molar-refractivity contribution in [1.82, 2.24) is 0 Å². The number of rotatable bonds is 3. The zero-order chi connectivity index (χ0) is 14.4. The fourth-order valence-corrected chi connectivity index (χ4v) is 2.21. The number of ether oxygens (including phenoxy) is 1. The SMILES string of the molecule is Fc1ccc(C(F)(F)C2(c3ccc(F)cc3)CO2)cc1. The molecule has 0 N–H and O–H groups in total. The molecule has 0 aromatic heterocycles. The summed E-state index contributed by atoms with van der Waals surface area (Å²) >= 11 is 0. The minimum atomic E-state index is -3.32. The minimum Gasteiger partial charge on any atom is -0.357 e. The molecule has 5 heteroatoms. The molecule has 0 aliphatic carbocycles. The van der Waals surface area contributed by atoms with Gasteiger partial charge in [-0.1, -0.05) is 24.3 Å². The summed E-state index contributed by atoms with van der Waals surface area (Å²) in [4.78, 5) is 0. The number of benzene rings is 2. The predicted octanol–water partition coefficient (Wildman–Crippen LogP) is 3.98. The van der Waals surface area contributed by atoms with Crippen LogP contribution in [0.2, 0.25) is 0 Å². The normalized spacial score (nSPS) is 21.8. The highest BCUT2D eigenvalue weighted by atomic mass is 19.3. The molecule has 0 amide bonds. The van der Waals surface area contributed by atoms with Crippen molar-refractivity contribution >= 4 is 0 Å². The van der Waals surface area contributed by atoms with Crippen molar-refractivity contribution in [2.24, 2.45) is 0 Å². The zero-order valence-corrected chi connectivity index (χ0v) is 10.2. The highest BCUT2D eigenvalue weighted by molar-refractivity contribution is 5.36. The molecular weight excluding hydrogens is 272 g/mol. The van der Waals surface area contributed by atoms with Crippen molar-refractivity contribution in [2.45, 2.75) is 11.5 Å². The minimum absolute atomic E-state index is 0.164. The molecule has 1 heterocycles. The van der Waals surface area contributed by atoms with Gasteiger partial charge in [-0.3, -0.25) is 0 Å². The van der Waals surface area contributed by atoms with Crippen LogP contribution in [0, 0.1) is 11.6 Å². The van der Waals surface area contributed by atoms with E-state index in [9.17, 15) is 17.6 Å². The van der Waals surface area contributed by atoms with E-state index < -0.39 is 23.2 Å². The van der Waals surface area contributed by atoms with Gasteiger partial charge >= 0.3 is 5.92 Å². The highest BCUT2D eigenvalue weighted by Gasteiger charge is 2.66. The lowest BCUT2D eigenvalue weighted by atomic mass is 9.88. The summed E-state index contributed by atoms with van der Waals surface area (Å²) in [5, 5.41) is 0. The van der Waals surface area contributed by atoms with Crippen molar-refractivity contribution in [3.8, 4) is 0 Å². The molecule has 0 saturated carbocycles. The molecule has 1 atom stereocenters. The second-order valence-electron chi connectivity index (χ2n) is 4.70. The van der Waals surface area contributed by atoms with Crippen LogP contribution in [0.25, 0.3) is 0 Å². The van der Waals surface area contributed by atoms with E-state index in [1.54, 1.807) is 0 Å². The van der Waals surface area contributed by atoms with Gasteiger partial charge in [0.15, 0.2) is 5.60 Å². The summed E-state index contributed by atoms with van der Waals surface area (Å²) in [5.41, 5.74) is -1.92. The molecular formula is C15H10F4O. The van der Waals surface area contributed by atoms with E-state index in [2.05, 4.69) is 0 Å². The fourth-order valence-electron chi connectivity index (χ4n) is 2.21. The Morgan fingerprint density at radius 3 is 1.75 bits per heavy atom. The van der Waals surface area contributed by atoms with Gasteiger partial charge in [0.2, 0.25) is 0 Å². The van der Waals surface area contributed by atoms with Crippen LogP contribution in [0.15, 0.2) is 48.5 Å². The molecule has 0 radical (unpaired) electrons. The Morgan fingerprint density at radius 1 is 0.850 bits per heavy atom. The third-order valence-corrected chi connectivity index (χ3v) is 3.46. The third kappa shape index (κ3) is 1.89. The molecule has 1 fully saturated rings. The number of hydrogen-bond donors (Lipinski definition) is 0. The van der Waals surface area contributed by atoms with Crippen molar-refractivity contribution in [3.63, 3.8) is 0 Å². The lowest BCUT2D eigenvalue weighted by Crippen LogP contribution is -2.32. The van der Waals surface area contributed by atoms with Gasteiger partial charge in [-0.25, -0.2) is 8.78 Å². The third-order valence-electron chi connectivity index (χ3n) is 3.46. The second-order valence-corrected chi connectivity index (χ2v) is 4.70. The van der Waals surface area contributed by atoms with Gasteiger partial charge < -0.3 is 4.74 Å². The molecule has 1 aliphatic rings. The first kappa shape index (κ1) is 13.1. The number of halogens is 4. The Morgan fingerprint density at radius 2 is 1.30 bits per heavy atom. The average Bonchev–Trinajstić information content (AvgIpc) is 3.22. The predicted molar refractivity (Wildman–Crippen MR) is 64.3 cm³/mol. The molecule has 20 heavy (non-hydrogen) atoms. The molecule has 0 spiro atoms. The Hall–Kier alpha value is -1.88. The van der Waals surface area contributed by atoms with Crippen LogP contribution in [0.5, 0.6) is 0 Å². The summed E-state index contributed by atoms with van der Waals surface area (Å²) in [7, 11) is 0. The van der Waals surface area contributed by atoms with Crippen LogP contribution >= 0.6 is 0 Å². The van der Waals surface area contributed by atoms with Gasteiger partial charge in [-0.2, -0.15) is 8.78 Å². The molecule has 0 bridgehead atoms. The van der Waals surface area contributed by atoms with Crippen molar-refractivity contribution in [1.29, 1.82) is 0 Å². The maximum atomic E-state index is 14.6. The van der Waals surface area contributed by atoms with E-state index in [1.165, 1.54) is 12.1 Å². The molecule has 2 aromatic carbocycles. The molecule has 2 aromatic rings. The first-order valence-electron chi connectivity index (χ1n) is 6.00. The lowest BCUT2D eigenvalue weighted by molar-refractivity contribution is -0.0854. The van der Waals surface area contributed by atoms with Crippen LogP contribution in [-0.2, 0) is 16.3 Å². The van der Waals surface area contributed by atoms with Crippen LogP contribution in [0.1, 0.15) is 11.1 Å². The summed E-state index contributed by atoms with van der Waals surface area (Å²) in [6.07, 6.45) is 0. The van der Waals surface area contributed by atoms with Crippen LogP contribution < -0.4 is 0 Å². The van der Waals surface area contributed by atoms with Gasteiger partial charge in [0, 0.05) is 5.56 Å². The maximum absolute atomic E-state index is 14.6. The largest absolute Gasteiger partial charge is 0.357 e. The zero-order valence-electron chi connectivity index (χ0n) is 10.2. The number of epoxide rings is 1. The van der Waals surface area contributed by atoms with Gasteiger partial charge in [-0.05, 0) is 29.8 Å². The standard InChI is InChI=1S/C15H10F4O/c16-12-5-1-10(2-6-12)14(9-20-14)15(18,19)11-3-7-13(17)8-4-11/h1-8H,9H2. The topological polar surface area (TPSA) is 12.5 Å². The number of alkyl halides is 2. The fraction of sp³-hybridized carbons (Fsp3) is 0.200. The first-order valence-corrected chi connectivity index (χ1v) is 6.00. The van der Waals surface area contributed by atoms with E-state index in [0.29, 0.717) is 0 Å². The second kappa shape index (κ2) is 4.31. The number of hydrogen-bond acceptors (Lipinski definition) is 1. The Kier molecular flexibility index (Phi) is 2.83. The molecule has 1 saturated heterocycles. The van der Waals surface area contributed by atoms with Crippen LogP contribution in [-0.4, -0.2) is 6.61 Å². The molecule has 3 rings (SSSR count). The molecule has 1 nitrogen and oxygen atoms in total. The van der Waals surface area contributed by atoms with Gasteiger partial charge in [0.25, 0.3) is 0 Å². The van der Waals surface area contributed by atoms with Crippen molar-refractivity contribution < 1.29 is 22.3 Å². The molecule has 1 aliphatic heterocycles. The van der Waals surface area contributed by atoms with Crippen molar-refractivity contribution in [3.05, 3.63) is 71.3 Å². The van der Waals surface area contributed by atoms with Gasteiger partial charge in [-0.15, -0.1) is 0 Å². The summed E-state index contributed by atoms with van der Waals surface area (Å²) in [6, 6.07) is 8.79. The van der Waals surface area contributed by atoms with Crippen LogP contribution in [0.4, 0.5) is 17.6 Å². The molecule has 1 unspecified atom stereocenters. The van der Waals surface area contributed by atoms with Gasteiger partial charge in [0.1, 0.15) is 11.6 Å². The lowest BCUT2D eigenvalue weighted by Gasteiger charge is -2.24. The van der Waals surface area contributed by atoms with E-state index in [-0.39, 0.29) is 17.7 Å². The Labute approximate surface area is 112 Å². The Bertz CT molecular complexity index is 570. The van der Waals surface area contributed by atoms with E-state index in [1.807, 2.05) is 0 Å². The first-order chi connectivity index (χ1) is 9.46. The smallest absolute Gasteiger partial charge is 0.307 e. The molecule has 104 valence electrons. The maximum Gasteiger partial charge on any atom is 0.307 e. The van der Waals surface area contributed by atoms with Gasteiger partial charge in [0.05, 0.1) is 6.61 Å². The highest BCUT2D eigenvalue weighted by Crippen LogP contribution is 2.56. The average molecular weight is 282 g/mol. The summed E-state index contributed by atoms with van der Waals surface area (Å²) < 4.78 is 59.9. The Balaban J connectivity index is 2.01. The van der Waals surface area contributed by atoms with Crippen LogP contribution in [0.3, 0.4) is 0 Å². The summed E-state index contributed by atoms with van der Waals surface area (Å²) in [6.45, 7) is -0.164. The summed E-state index contributed by atoms with van der Waals surface area (Å²) in [5.74, 6) is -4.41. The van der Waals surface area contributed by atoms with E-state index in [0.717, 1.165) is 36.4 Å². The quantitative estimate of drug-likeness (QED) is 0.612. The van der Waals surface area contributed by atoms with E-state index in [4.69, 9.17) is 4.74 Å². The van der Waals surface area contributed by atoms with E-state index >= 15 is 0 Å².